The van der Waals surface area contributed by atoms with E-state index in [1.165, 1.54) is 18.5 Å². The van der Waals surface area contributed by atoms with Gasteiger partial charge in [-0.15, -0.1) is 12.4 Å². The molecule has 126 valence electrons. The predicted molar refractivity (Wildman–Crippen MR) is 95.6 cm³/mol. The summed E-state index contributed by atoms with van der Waals surface area (Å²) in [6.45, 7) is 3.22. The van der Waals surface area contributed by atoms with Crippen molar-refractivity contribution >= 4 is 23.9 Å². The first-order valence-electron chi connectivity index (χ1n) is 7.86. The number of aryl methyl sites for hydroxylation is 1. The number of likely N-dealkylation sites (tertiary alicyclic amines) is 1. The van der Waals surface area contributed by atoms with E-state index >= 15 is 0 Å². The van der Waals surface area contributed by atoms with Gasteiger partial charge in [0.05, 0.1) is 23.9 Å². The van der Waals surface area contributed by atoms with Crippen molar-refractivity contribution in [2.24, 2.45) is 7.05 Å². The largest absolute Gasteiger partial charge is 0.384 e. The Balaban J connectivity index is 0.00000192. The second-order valence-electron chi connectivity index (χ2n) is 6.02. The molecule has 1 fully saturated rings. The highest BCUT2D eigenvalue weighted by Crippen LogP contribution is 2.18. The van der Waals surface area contributed by atoms with Crippen molar-refractivity contribution in [3.05, 3.63) is 36.5 Å². The van der Waals surface area contributed by atoms with Crippen LogP contribution in [0.3, 0.4) is 0 Å². The molecule has 3 N–H and O–H groups in total. The topological polar surface area (TPSA) is 72.0 Å². The summed E-state index contributed by atoms with van der Waals surface area (Å²) in [6, 6.07) is 4.34. The smallest absolute Gasteiger partial charge is 0.123 e. The van der Waals surface area contributed by atoms with Crippen LogP contribution in [-0.4, -0.2) is 38.6 Å². The van der Waals surface area contributed by atoms with Crippen LogP contribution in [0.2, 0.25) is 0 Å². The molecule has 3 heterocycles. The average molecular weight is 337 g/mol. The highest BCUT2D eigenvalue weighted by atomic mass is 35.5. The summed E-state index contributed by atoms with van der Waals surface area (Å²) in [5.74, 6) is 0.564. The molecule has 1 unspecified atom stereocenters. The minimum Gasteiger partial charge on any atom is -0.384 e. The van der Waals surface area contributed by atoms with Crippen LogP contribution >= 0.6 is 12.4 Å². The second kappa shape index (κ2) is 8.17. The summed E-state index contributed by atoms with van der Waals surface area (Å²) < 4.78 is 2.10. The average Bonchev–Trinajstić information content (AvgIpc) is 2.78. The Hall–Kier alpha value is -1.79. The lowest BCUT2D eigenvalue weighted by Gasteiger charge is -2.20. The molecule has 2 aromatic heterocycles. The number of pyridine rings is 1. The number of imidazole rings is 1. The van der Waals surface area contributed by atoms with E-state index in [-0.39, 0.29) is 12.4 Å². The van der Waals surface area contributed by atoms with Gasteiger partial charge in [-0.2, -0.15) is 0 Å². The van der Waals surface area contributed by atoms with Crippen molar-refractivity contribution in [2.45, 2.75) is 31.8 Å². The van der Waals surface area contributed by atoms with Gasteiger partial charge in [-0.05, 0) is 37.9 Å². The van der Waals surface area contributed by atoms with E-state index in [1.807, 2.05) is 30.9 Å². The van der Waals surface area contributed by atoms with Gasteiger partial charge in [0.15, 0.2) is 0 Å². The van der Waals surface area contributed by atoms with Crippen LogP contribution in [0, 0.1) is 0 Å². The lowest BCUT2D eigenvalue weighted by molar-refractivity contribution is 0.270. The van der Waals surface area contributed by atoms with Gasteiger partial charge in [-0.25, -0.2) is 9.97 Å². The highest BCUT2D eigenvalue weighted by molar-refractivity contribution is 5.85. The number of rotatable bonds is 4. The Labute approximate surface area is 143 Å². The van der Waals surface area contributed by atoms with Gasteiger partial charge in [0, 0.05) is 32.4 Å². The molecule has 6 nitrogen and oxygen atoms in total. The van der Waals surface area contributed by atoms with Crippen LogP contribution in [0.4, 0.5) is 11.5 Å². The molecule has 1 aliphatic heterocycles. The molecule has 0 aromatic carbocycles. The van der Waals surface area contributed by atoms with Crippen molar-refractivity contribution in [3.63, 3.8) is 0 Å². The van der Waals surface area contributed by atoms with Crippen LogP contribution in [-0.2, 0) is 13.6 Å². The molecule has 0 bridgehead atoms. The van der Waals surface area contributed by atoms with E-state index in [9.17, 15) is 0 Å². The number of nitrogens with two attached hydrogens (primary N) is 1. The minimum absolute atomic E-state index is 0. The highest BCUT2D eigenvalue weighted by Gasteiger charge is 2.17. The molecule has 23 heavy (non-hydrogen) atoms. The molecule has 2 aromatic rings. The lowest BCUT2D eigenvalue weighted by atomic mass is 10.1. The molecule has 1 atom stereocenters. The second-order valence-corrected chi connectivity index (χ2v) is 6.02. The number of aromatic nitrogens is 3. The van der Waals surface area contributed by atoms with Crippen LogP contribution in [0.25, 0.3) is 0 Å². The summed E-state index contributed by atoms with van der Waals surface area (Å²) in [7, 11) is 2.05. The Morgan fingerprint density at radius 2 is 2.13 bits per heavy atom. The van der Waals surface area contributed by atoms with E-state index in [4.69, 9.17) is 5.73 Å². The zero-order valence-corrected chi connectivity index (χ0v) is 14.3. The van der Waals surface area contributed by atoms with Crippen molar-refractivity contribution in [3.8, 4) is 0 Å². The third kappa shape index (κ3) is 4.84. The fourth-order valence-electron chi connectivity index (χ4n) is 2.95. The number of anilines is 2. The molecule has 0 radical (unpaired) electrons. The number of halogens is 1. The van der Waals surface area contributed by atoms with Gasteiger partial charge < -0.3 is 15.6 Å². The summed E-state index contributed by atoms with van der Waals surface area (Å²) in [5, 5.41) is 3.58. The van der Waals surface area contributed by atoms with Gasteiger partial charge in [0.1, 0.15) is 5.82 Å². The maximum atomic E-state index is 5.63. The quantitative estimate of drug-likeness (QED) is 0.896. The minimum atomic E-state index is 0. The molecule has 0 saturated carbocycles. The maximum absolute atomic E-state index is 5.63. The zero-order valence-electron chi connectivity index (χ0n) is 13.5. The molecule has 3 rings (SSSR count). The maximum Gasteiger partial charge on any atom is 0.123 e. The van der Waals surface area contributed by atoms with Crippen LogP contribution in [0.1, 0.15) is 25.0 Å². The molecule has 7 heteroatoms. The summed E-state index contributed by atoms with van der Waals surface area (Å²) in [6.07, 6.45) is 9.17. The SMILES string of the molecule is Cl.Cn1cncc1CN1CCCC(Nc2ccc(N)nc2)CC1. The monoisotopic (exact) mass is 336 g/mol. The zero-order chi connectivity index (χ0) is 15.4. The van der Waals surface area contributed by atoms with E-state index < -0.39 is 0 Å². The van der Waals surface area contributed by atoms with Gasteiger partial charge in [-0.3, -0.25) is 4.90 Å². The number of nitrogens with one attached hydrogen (secondary N) is 1. The first-order chi connectivity index (χ1) is 10.7. The Bertz CT molecular complexity index is 597. The van der Waals surface area contributed by atoms with Gasteiger partial charge in [0.25, 0.3) is 0 Å². The molecular formula is C16H25ClN6. The molecular weight excluding hydrogens is 312 g/mol. The van der Waals surface area contributed by atoms with E-state index in [2.05, 4.69) is 31.8 Å². The Morgan fingerprint density at radius 3 is 2.83 bits per heavy atom. The van der Waals surface area contributed by atoms with Crippen LogP contribution in [0.15, 0.2) is 30.9 Å². The third-order valence-electron chi connectivity index (χ3n) is 4.28. The predicted octanol–water partition coefficient (Wildman–Crippen LogP) is 2.29. The van der Waals surface area contributed by atoms with Gasteiger partial charge in [0.2, 0.25) is 0 Å². The van der Waals surface area contributed by atoms with Gasteiger partial charge >= 0.3 is 0 Å². The van der Waals surface area contributed by atoms with Gasteiger partial charge in [-0.1, -0.05) is 0 Å². The number of hydrogen-bond acceptors (Lipinski definition) is 5. The van der Waals surface area contributed by atoms with Crippen molar-refractivity contribution < 1.29 is 0 Å². The first-order valence-corrected chi connectivity index (χ1v) is 7.86. The molecule has 0 aliphatic carbocycles. The van der Waals surface area contributed by atoms with E-state index in [1.54, 1.807) is 0 Å². The van der Waals surface area contributed by atoms with E-state index in [0.717, 1.165) is 31.7 Å². The van der Waals surface area contributed by atoms with E-state index in [0.29, 0.717) is 11.9 Å². The lowest BCUT2D eigenvalue weighted by Crippen LogP contribution is -2.26. The third-order valence-corrected chi connectivity index (χ3v) is 4.28. The molecule has 1 aliphatic rings. The molecule has 0 spiro atoms. The standard InChI is InChI=1S/C16H24N6.ClH/c1-21-12-18-10-15(21)11-22-7-2-3-13(6-8-22)20-14-4-5-16(17)19-9-14;/h4-5,9-10,12-13,20H,2-3,6-8,11H2,1H3,(H2,17,19);1H. The number of nitrogen functional groups attached to an aromatic ring is 1. The Kier molecular flexibility index (Phi) is 6.24. The fourth-order valence-corrected chi connectivity index (χ4v) is 2.95. The summed E-state index contributed by atoms with van der Waals surface area (Å²) in [4.78, 5) is 10.8. The number of hydrogen-bond donors (Lipinski definition) is 2. The first kappa shape index (κ1) is 17.6. The van der Waals surface area contributed by atoms with Crippen molar-refractivity contribution in [1.82, 2.24) is 19.4 Å². The summed E-state index contributed by atoms with van der Waals surface area (Å²) in [5.41, 5.74) is 7.95. The molecule has 1 saturated heterocycles. The van der Waals surface area contributed by atoms with Crippen LogP contribution < -0.4 is 11.1 Å². The Morgan fingerprint density at radius 1 is 1.26 bits per heavy atom. The normalized spacial score (nSPS) is 18.9. The van der Waals surface area contributed by atoms with Crippen molar-refractivity contribution in [1.29, 1.82) is 0 Å². The summed E-state index contributed by atoms with van der Waals surface area (Å²) >= 11 is 0. The molecule has 0 amide bonds. The number of nitrogens with zero attached hydrogens (tertiary/aromatic N) is 4. The van der Waals surface area contributed by atoms with Crippen LogP contribution in [0.5, 0.6) is 0 Å². The van der Waals surface area contributed by atoms with Crippen molar-refractivity contribution in [2.75, 3.05) is 24.1 Å². The fraction of sp³-hybridized carbons (Fsp3) is 0.500.